The Bertz CT molecular complexity index is 446. The van der Waals surface area contributed by atoms with E-state index in [0.29, 0.717) is 6.54 Å². The van der Waals surface area contributed by atoms with Crippen molar-refractivity contribution in [2.75, 3.05) is 26.7 Å². The summed E-state index contributed by atoms with van der Waals surface area (Å²) in [5.41, 5.74) is 8.57. The molecule has 2 fully saturated rings. The zero-order valence-electron chi connectivity index (χ0n) is 12.6. The Morgan fingerprint density at radius 2 is 1.95 bits per heavy atom. The van der Waals surface area contributed by atoms with Crippen LogP contribution in [0.3, 0.4) is 0 Å². The van der Waals surface area contributed by atoms with Crippen molar-refractivity contribution >= 4 is 0 Å². The normalized spacial score (nSPS) is 28.3. The smallest absolute Gasteiger partial charge is 0.0237 e. The summed E-state index contributed by atoms with van der Waals surface area (Å²) < 4.78 is 0. The molecule has 3 heteroatoms. The van der Waals surface area contributed by atoms with E-state index in [1.165, 1.54) is 50.0 Å². The second-order valence-electron chi connectivity index (χ2n) is 6.45. The lowest BCUT2D eigenvalue weighted by atomic mass is 9.84. The summed E-state index contributed by atoms with van der Waals surface area (Å²) in [6.07, 6.45) is 4.10. The van der Waals surface area contributed by atoms with Crippen molar-refractivity contribution in [3.8, 4) is 0 Å². The highest BCUT2D eigenvalue weighted by molar-refractivity contribution is 5.26. The zero-order valence-corrected chi connectivity index (χ0v) is 12.6. The van der Waals surface area contributed by atoms with E-state index < -0.39 is 0 Å². The van der Waals surface area contributed by atoms with Crippen LogP contribution in [0.2, 0.25) is 0 Å². The molecule has 0 amide bonds. The van der Waals surface area contributed by atoms with Gasteiger partial charge >= 0.3 is 0 Å². The highest BCUT2D eigenvalue weighted by atomic mass is 15.2. The van der Waals surface area contributed by atoms with Gasteiger partial charge in [-0.15, -0.1) is 0 Å². The third-order valence-electron chi connectivity index (χ3n) is 5.16. The first kappa shape index (κ1) is 14.1. The molecule has 3 rings (SSSR count). The van der Waals surface area contributed by atoms with Crippen LogP contribution in [-0.4, -0.2) is 42.5 Å². The molecule has 20 heavy (non-hydrogen) atoms. The second-order valence-corrected chi connectivity index (χ2v) is 6.45. The van der Waals surface area contributed by atoms with Gasteiger partial charge in [-0.25, -0.2) is 0 Å². The van der Waals surface area contributed by atoms with Crippen LogP contribution in [0.15, 0.2) is 24.3 Å². The molecule has 2 saturated heterocycles. The number of hydrogen-bond acceptors (Lipinski definition) is 3. The number of piperidine rings is 2. The fourth-order valence-electron chi connectivity index (χ4n) is 4.02. The average molecular weight is 273 g/mol. The molecular weight excluding hydrogens is 246 g/mol. The number of fused-ring (bicyclic) bond motifs is 1. The number of rotatable bonds is 3. The largest absolute Gasteiger partial charge is 0.326 e. The third kappa shape index (κ3) is 2.90. The van der Waals surface area contributed by atoms with Gasteiger partial charge in [0, 0.05) is 25.7 Å². The number of benzene rings is 1. The lowest BCUT2D eigenvalue weighted by molar-refractivity contribution is 0.0354. The molecule has 0 bridgehead atoms. The zero-order chi connectivity index (χ0) is 13.9. The van der Waals surface area contributed by atoms with E-state index in [9.17, 15) is 0 Å². The van der Waals surface area contributed by atoms with Crippen LogP contribution in [0, 0.1) is 5.92 Å². The van der Waals surface area contributed by atoms with Crippen LogP contribution in [-0.2, 0) is 13.1 Å². The van der Waals surface area contributed by atoms with Crippen molar-refractivity contribution < 1.29 is 0 Å². The van der Waals surface area contributed by atoms with E-state index in [-0.39, 0.29) is 0 Å². The minimum atomic E-state index is 0.652. The fraction of sp³-hybridized carbons (Fsp3) is 0.647. The van der Waals surface area contributed by atoms with Crippen molar-refractivity contribution in [2.24, 2.45) is 11.7 Å². The summed E-state index contributed by atoms with van der Waals surface area (Å²) in [5, 5.41) is 0. The van der Waals surface area contributed by atoms with Gasteiger partial charge in [-0.05, 0) is 56.4 Å². The third-order valence-corrected chi connectivity index (χ3v) is 5.16. The Hall–Kier alpha value is -0.900. The van der Waals surface area contributed by atoms with Crippen molar-refractivity contribution in [1.29, 1.82) is 0 Å². The van der Waals surface area contributed by atoms with Crippen LogP contribution in [0.25, 0.3) is 0 Å². The molecule has 2 aliphatic rings. The molecule has 2 aliphatic heterocycles. The van der Waals surface area contributed by atoms with Crippen LogP contribution >= 0.6 is 0 Å². The first-order valence-corrected chi connectivity index (χ1v) is 7.97. The van der Waals surface area contributed by atoms with Crippen LogP contribution < -0.4 is 5.73 Å². The molecule has 1 aromatic carbocycles. The maximum Gasteiger partial charge on any atom is 0.0237 e. The minimum absolute atomic E-state index is 0.652. The number of nitrogens with two attached hydrogens (primary N) is 1. The maximum absolute atomic E-state index is 5.85. The van der Waals surface area contributed by atoms with Gasteiger partial charge in [-0.3, -0.25) is 4.90 Å². The SMILES string of the molecule is CN1CCCC2CN(Cc3ccccc3CN)CCC21. The fourth-order valence-corrected chi connectivity index (χ4v) is 4.02. The minimum Gasteiger partial charge on any atom is -0.326 e. The topological polar surface area (TPSA) is 32.5 Å². The number of hydrogen-bond donors (Lipinski definition) is 1. The summed E-state index contributed by atoms with van der Waals surface area (Å²) in [5.74, 6) is 0.868. The molecule has 0 spiro atoms. The Balaban J connectivity index is 1.65. The van der Waals surface area contributed by atoms with Gasteiger partial charge in [0.25, 0.3) is 0 Å². The van der Waals surface area contributed by atoms with Crippen molar-refractivity contribution in [3.63, 3.8) is 0 Å². The Morgan fingerprint density at radius 3 is 2.75 bits per heavy atom. The summed E-state index contributed by atoms with van der Waals surface area (Å²) in [6.45, 7) is 5.49. The molecule has 2 atom stereocenters. The highest BCUT2D eigenvalue weighted by Gasteiger charge is 2.34. The summed E-state index contributed by atoms with van der Waals surface area (Å²) in [7, 11) is 2.30. The van der Waals surface area contributed by atoms with Gasteiger partial charge in [0.05, 0.1) is 0 Å². The Labute approximate surface area is 122 Å². The molecule has 0 aromatic heterocycles. The molecule has 110 valence electrons. The quantitative estimate of drug-likeness (QED) is 0.915. The van der Waals surface area contributed by atoms with Crippen LogP contribution in [0.1, 0.15) is 30.4 Å². The highest BCUT2D eigenvalue weighted by Crippen LogP contribution is 2.30. The summed E-state index contributed by atoms with van der Waals surface area (Å²) in [4.78, 5) is 5.22. The van der Waals surface area contributed by atoms with Gasteiger partial charge in [0.1, 0.15) is 0 Å². The lowest BCUT2D eigenvalue weighted by Crippen LogP contribution is -2.52. The van der Waals surface area contributed by atoms with Crippen molar-refractivity contribution in [1.82, 2.24) is 9.80 Å². The van der Waals surface area contributed by atoms with Gasteiger partial charge in [0.15, 0.2) is 0 Å². The van der Waals surface area contributed by atoms with E-state index >= 15 is 0 Å². The van der Waals surface area contributed by atoms with E-state index in [2.05, 4.69) is 41.1 Å². The Morgan fingerprint density at radius 1 is 1.15 bits per heavy atom. The Kier molecular flexibility index (Phi) is 4.39. The molecule has 0 aliphatic carbocycles. The van der Waals surface area contributed by atoms with Gasteiger partial charge in [0.2, 0.25) is 0 Å². The first-order chi connectivity index (χ1) is 9.78. The summed E-state index contributed by atoms with van der Waals surface area (Å²) >= 11 is 0. The van der Waals surface area contributed by atoms with E-state index in [1.54, 1.807) is 0 Å². The standard InChI is InChI=1S/C17H27N3/c1-19-9-4-7-16-13-20(10-8-17(16)19)12-15-6-3-2-5-14(15)11-18/h2-3,5-6,16-17H,4,7-13,18H2,1H3. The maximum atomic E-state index is 5.85. The molecule has 0 saturated carbocycles. The molecule has 2 heterocycles. The van der Waals surface area contributed by atoms with Crippen molar-refractivity contribution in [3.05, 3.63) is 35.4 Å². The average Bonchev–Trinajstić information content (AvgIpc) is 2.48. The molecule has 3 nitrogen and oxygen atoms in total. The monoisotopic (exact) mass is 273 g/mol. The van der Waals surface area contributed by atoms with Gasteiger partial charge < -0.3 is 10.6 Å². The predicted octanol–water partition coefficient (Wildman–Crippen LogP) is 2.06. The number of nitrogens with zero attached hydrogens (tertiary/aromatic N) is 2. The van der Waals surface area contributed by atoms with Crippen LogP contribution in [0.4, 0.5) is 0 Å². The number of likely N-dealkylation sites (tertiary alicyclic amines) is 2. The molecular formula is C17H27N3. The molecule has 0 radical (unpaired) electrons. The van der Waals surface area contributed by atoms with Crippen molar-refractivity contribution in [2.45, 2.75) is 38.4 Å². The predicted molar refractivity (Wildman–Crippen MR) is 83.4 cm³/mol. The first-order valence-electron chi connectivity index (χ1n) is 7.97. The molecule has 1 aromatic rings. The van der Waals surface area contributed by atoms with Gasteiger partial charge in [-0.1, -0.05) is 24.3 Å². The molecule has 2 N–H and O–H groups in total. The van der Waals surface area contributed by atoms with Gasteiger partial charge in [-0.2, -0.15) is 0 Å². The molecule has 2 unspecified atom stereocenters. The second kappa shape index (κ2) is 6.25. The van der Waals surface area contributed by atoms with E-state index in [0.717, 1.165) is 18.5 Å². The summed E-state index contributed by atoms with van der Waals surface area (Å²) in [6, 6.07) is 9.45. The van der Waals surface area contributed by atoms with E-state index in [1.807, 2.05) is 0 Å². The van der Waals surface area contributed by atoms with Crippen LogP contribution in [0.5, 0.6) is 0 Å². The lowest BCUT2D eigenvalue weighted by Gasteiger charge is -2.46. The van der Waals surface area contributed by atoms with E-state index in [4.69, 9.17) is 5.73 Å².